The minimum Gasteiger partial charge on any atom is -0.494 e. The van der Waals surface area contributed by atoms with Crippen molar-refractivity contribution in [2.75, 3.05) is 13.2 Å². The Balaban J connectivity index is 0.874. The average Bonchev–Trinajstić information content (AvgIpc) is 3.36. The van der Waals surface area contributed by atoms with Crippen LogP contribution in [0.4, 0.5) is 11.4 Å². The van der Waals surface area contributed by atoms with Gasteiger partial charge in [-0.15, -0.1) is 0 Å². The van der Waals surface area contributed by atoms with E-state index in [9.17, 15) is 9.59 Å². The Kier molecular flexibility index (Phi) is 21.0. The molecule has 6 rings (SSSR count). The molecule has 0 spiro atoms. The van der Waals surface area contributed by atoms with Crippen LogP contribution >= 0.6 is 0 Å². The maximum atomic E-state index is 12.9. The molecule has 348 valence electrons. The first kappa shape index (κ1) is 49.6. The molecule has 0 fully saturated rings. The predicted octanol–water partition coefficient (Wildman–Crippen LogP) is 15.5. The molecule has 8 heteroatoms. The van der Waals surface area contributed by atoms with Gasteiger partial charge in [-0.3, -0.25) is 9.98 Å². The number of hydrogen-bond acceptors (Lipinski definition) is 8. The smallest absolute Gasteiger partial charge is 0.343 e. The first-order valence-electron chi connectivity index (χ1n) is 24.3. The first-order valence-corrected chi connectivity index (χ1v) is 24.3. The van der Waals surface area contributed by atoms with E-state index in [2.05, 4.69) is 23.8 Å². The number of aliphatic imine (C=N–C) groups is 2. The van der Waals surface area contributed by atoms with Crippen LogP contribution in [-0.2, 0) is 6.42 Å². The molecular formula is C59H66N2O6. The fourth-order valence-electron chi connectivity index (χ4n) is 7.38. The quantitative estimate of drug-likeness (QED) is 0.0211. The fraction of sp³-hybridized carbons (Fsp3) is 0.322. The number of benzene rings is 6. The Morgan fingerprint density at radius 3 is 1.07 bits per heavy atom. The van der Waals surface area contributed by atoms with Crippen molar-refractivity contribution in [3.63, 3.8) is 0 Å². The summed E-state index contributed by atoms with van der Waals surface area (Å²) >= 11 is 0. The van der Waals surface area contributed by atoms with E-state index in [1.165, 1.54) is 77.0 Å². The van der Waals surface area contributed by atoms with Gasteiger partial charge in [0, 0.05) is 12.4 Å². The summed E-state index contributed by atoms with van der Waals surface area (Å²) in [6.07, 6.45) is 21.9. The van der Waals surface area contributed by atoms with E-state index in [-0.39, 0.29) is 0 Å². The highest BCUT2D eigenvalue weighted by Gasteiger charge is 2.11. The standard InChI is InChI=1S/C59H66N2O6/c1-3-5-7-9-11-13-15-41-64-54-33-21-48(22-34-54)44-60-52-29-25-50(26-30-52)58(62)66-56-37-17-46(18-38-56)43-47-19-39-57(40-20-47)67-59(63)51-27-31-53(32-28-51)61-45-49-23-35-55(36-24-49)65-42-16-14-12-10-8-6-4-2/h17-40,44-45H,3-16,41-43H2,1-2H3. The van der Waals surface area contributed by atoms with Crippen LogP contribution < -0.4 is 18.9 Å². The summed E-state index contributed by atoms with van der Waals surface area (Å²) in [5.74, 6) is 1.76. The number of hydrogen-bond donors (Lipinski definition) is 0. The predicted molar refractivity (Wildman–Crippen MR) is 273 cm³/mol. The second-order valence-corrected chi connectivity index (χ2v) is 16.9. The van der Waals surface area contributed by atoms with Gasteiger partial charge in [-0.1, -0.05) is 115 Å². The van der Waals surface area contributed by atoms with Crippen molar-refractivity contribution < 1.29 is 28.5 Å². The lowest BCUT2D eigenvalue weighted by atomic mass is 10.0. The van der Waals surface area contributed by atoms with E-state index in [0.29, 0.717) is 29.0 Å². The van der Waals surface area contributed by atoms with E-state index in [1.807, 2.05) is 72.8 Å². The minimum absolute atomic E-state index is 0.435. The van der Waals surface area contributed by atoms with Gasteiger partial charge in [0.1, 0.15) is 23.0 Å². The molecule has 8 nitrogen and oxygen atoms in total. The highest BCUT2D eigenvalue weighted by Crippen LogP contribution is 2.23. The van der Waals surface area contributed by atoms with Crippen LogP contribution in [0.25, 0.3) is 0 Å². The normalized spacial score (nSPS) is 11.3. The number of carbonyl (C=O) groups excluding carboxylic acids is 2. The summed E-state index contributed by atoms with van der Waals surface area (Å²) in [5.41, 5.74) is 6.35. The molecule has 0 radical (unpaired) electrons. The maximum absolute atomic E-state index is 12.9. The van der Waals surface area contributed by atoms with Crippen LogP contribution in [0.3, 0.4) is 0 Å². The molecule has 67 heavy (non-hydrogen) atoms. The summed E-state index contributed by atoms with van der Waals surface area (Å²) in [5, 5.41) is 0. The molecule has 0 saturated carbocycles. The number of unbranched alkanes of at least 4 members (excludes halogenated alkanes) is 12. The van der Waals surface area contributed by atoms with Gasteiger partial charge in [-0.25, -0.2) is 9.59 Å². The molecule has 0 bridgehead atoms. The zero-order valence-electron chi connectivity index (χ0n) is 39.4. The van der Waals surface area contributed by atoms with E-state index in [0.717, 1.165) is 71.2 Å². The molecular weight excluding hydrogens is 833 g/mol. The van der Waals surface area contributed by atoms with E-state index < -0.39 is 11.9 Å². The van der Waals surface area contributed by atoms with Gasteiger partial charge in [0.25, 0.3) is 0 Å². The van der Waals surface area contributed by atoms with Gasteiger partial charge in [-0.2, -0.15) is 0 Å². The average molecular weight is 899 g/mol. The van der Waals surface area contributed by atoms with Gasteiger partial charge in [0.05, 0.1) is 35.7 Å². The van der Waals surface area contributed by atoms with Crippen molar-refractivity contribution in [3.05, 3.63) is 179 Å². The lowest BCUT2D eigenvalue weighted by Gasteiger charge is -2.08. The number of ether oxygens (including phenoxy) is 4. The molecule has 6 aromatic carbocycles. The molecule has 0 aliphatic carbocycles. The molecule has 0 heterocycles. The third kappa shape index (κ3) is 18.2. The topological polar surface area (TPSA) is 95.8 Å². The largest absolute Gasteiger partial charge is 0.494 e. The van der Waals surface area contributed by atoms with E-state index in [4.69, 9.17) is 18.9 Å². The van der Waals surface area contributed by atoms with Crippen LogP contribution in [-0.4, -0.2) is 37.6 Å². The van der Waals surface area contributed by atoms with Crippen molar-refractivity contribution in [2.24, 2.45) is 9.98 Å². The zero-order chi connectivity index (χ0) is 46.7. The number of carbonyl (C=O) groups is 2. The SMILES string of the molecule is CCCCCCCCCOc1ccc(C=Nc2ccc(C(=O)Oc3ccc(Cc4ccc(OC(=O)c5ccc(N=Cc6ccc(OCCCCCCCCC)cc6)cc5)cc4)cc3)cc2)cc1. The number of nitrogens with zero attached hydrogens (tertiary/aromatic N) is 2. The Hall–Kier alpha value is -6.80. The van der Waals surface area contributed by atoms with E-state index >= 15 is 0 Å². The van der Waals surface area contributed by atoms with Gasteiger partial charge in [0.15, 0.2) is 0 Å². The van der Waals surface area contributed by atoms with Gasteiger partial charge >= 0.3 is 11.9 Å². The maximum Gasteiger partial charge on any atom is 0.343 e. The highest BCUT2D eigenvalue weighted by molar-refractivity contribution is 5.92. The fourth-order valence-corrected chi connectivity index (χ4v) is 7.38. The summed E-state index contributed by atoms with van der Waals surface area (Å²) in [6, 6.07) is 44.8. The lowest BCUT2D eigenvalue weighted by Crippen LogP contribution is -2.08. The number of rotatable bonds is 28. The molecule has 0 aromatic heterocycles. The molecule has 0 aliphatic rings. The van der Waals surface area contributed by atoms with Crippen LogP contribution in [0.2, 0.25) is 0 Å². The van der Waals surface area contributed by atoms with Crippen LogP contribution in [0.5, 0.6) is 23.0 Å². The summed E-state index contributed by atoms with van der Waals surface area (Å²) in [4.78, 5) is 35.0. The van der Waals surface area contributed by atoms with Crippen molar-refractivity contribution in [2.45, 2.75) is 110 Å². The van der Waals surface area contributed by atoms with Crippen LogP contribution in [0, 0.1) is 0 Å². The lowest BCUT2D eigenvalue weighted by molar-refractivity contribution is 0.0725. The van der Waals surface area contributed by atoms with Gasteiger partial charge < -0.3 is 18.9 Å². The highest BCUT2D eigenvalue weighted by atomic mass is 16.5. The second-order valence-electron chi connectivity index (χ2n) is 16.9. The van der Waals surface area contributed by atoms with E-state index in [1.54, 1.807) is 85.2 Å². The Morgan fingerprint density at radius 2 is 0.716 bits per heavy atom. The molecule has 0 atom stereocenters. The first-order chi connectivity index (χ1) is 32.9. The molecule has 0 saturated heterocycles. The summed E-state index contributed by atoms with van der Waals surface area (Å²) < 4.78 is 23.1. The van der Waals surface area contributed by atoms with Crippen molar-refractivity contribution >= 4 is 35.7 Å². The molecule has 0 unspecified atom stereocenters. The van der Waals surface area contributed by atoms with Gasteiger partial charge in [0.2, 0.25) is 0 Å². The zero-order valence-corrected chi connectivity index (χ0v) is 39.4. The number of esters is 2. The van der Waals surface area contributed by atoms with Gasteiger partial charge in [-0.05, 0) is 163 Å². The van der Waals surface area contributed by atoms with Crippen LogP contribution in [0.1, 0.15) is 147 Å². The second kappa shape index (κ2) is 28.3. The molecule has 0 N–H and O–H groups in total. The minimum atomic E-state index is -0.443. The summed E-state index contributed by atoms with van der Waals surface area (Å²) in [7, 11) is 0. The van der Waals surface area contributed by atoms with Crippen molar-refractivity contribution in [3.8, 4) is 23.0 Å². The van der Waals surface area contributed by atoms with Crippen LogP contribution in [0.15, 0.2) is 156 Å². The third-order valence-corrected chi connectivity index (χ3v) is 11.4. The third-order valence-electron chi connectivity index (χ3n) is 11.4. The Bertz CT molecular complexity index is 2230. The molecule has 0 amide bonds. The van der Waals surface area contributed by atoms with Crippen molar-refractivity contribution in [1.82, 2.24) is 0 Å². The molecule has 0 aliphatic heterocycles. The van der Waals surface area contributed by atoms with Crippen molar-refractivity contribution in [1.29, 1.82) is 0 Å². The Morgan fingerprint density at radius 1 is 0.388 bits per heavy atom. The summed E-state index contributed by atoms with van der Waals surface area (Å²) in [6.45, 7) is 5.96. The Labute approximate surface area is 398 Å². The monoisotopic (exact) mass is 898 g/mol. The molecule has 6 aromatic rings.